The van der Waals surface area contributed by atoms with E-state index < -0.39 is 17.6 Å². The number of rotatable bonds is 6. The summed E-state index contributed by atoms with van der Waals surface area (Å²) in [6.07, 6.45) is -0.674. The molecule has 0 aliphatic heterocycles. The number of benzene rings is 1. The lowest BCUT2D eigenvalue weighted by Gasteiger charge is -2.07. The zero-order valence-electron chi connectivity index (χ0n) is 15.4. The van der Waals surface area contributed by atoms with Gasteiger partial charge in [-0.25, -0.2) is 4.79 Å². The summed E-state index contributed by atoms with van der Waals surface area (Å²) < 4.78 is 10.5. The molecule has 0 aliphatic carbocycles. The highest BCUT2D eigenvalue weighted by molar-refractivity contribution is 7.12. The molecular weight excluding hydrogens is 410 g/mol. The normalized spacial score (nSPS) is 12.1. The molecule has 3 aromatic heterocycles. The van der Waals surface area contributed by atoms with Crippen LogP contribution in [0.25, 0.3) is 11.0 Å². The number of para-hydroxylation sites is 1. The van der Waals surface area contributed by atoms with Gasteiger partial charge in [0.05, 0.1) is 13.7 Å². The van der Waals surface area contributed by atoms with Gasteiger partial charge in [-0.1, -0.05) is 18.2 Å². The molecule has 3 heterocycles. The Kier molecular flexibility index (Phi) is 5.48. The summed E-state index contributed by atoms with van der Waals surface area (Å²) in [6.45, 7) is 0.246. The second-order valence-electron chi connectivity index (χ2n) is 6.23. The lowest BCUT2D eigenvalue weighted by Crippen LogP contribution is -2.27. The largest absolute Gasteiger partial charge is 0.493 e. The van der Waals surface area contributed by atoms with E-state index in [9.17, 15) is 14.7 Å². The van der Waals surface area contributed by atoms with Gasteiger partial charge >= 0.3 is 5.63 Å². The van der Waals surface area contributed by atoms with Crippen LogP contribution >= 0.6 is 22.7 Å². The van der Waals surface area contributed by atoms with Gasteiger partial charge in [0, 0.05) is 20.0 Å². The fourth-order valence-electron chi connectivity index (χ4n) is 2.92. The first-order valence-electron chi connectivity index (χ1n) is 8.76. The molecule has 0 aliphatic rings. The van der Waals surface area contributed by atoms with Crippen molar-refractivity contribution in [3.05, 3.63) is 84.5 Å². The number of aliphatic hydroxyl groups excluding tert-OH is 1. The molecule has 2 N–H and O–H groups in total. The van der Waals surface area contributed by atoms with Crippen LogP contribution in [0.15, 0.2) is 63.1 Å². The lowest BCUT2D eigenvalue weighted by atomic mass is 10.1. The number of aliphatic hydroxyl groups is 1. The summed E-state index contributed by atoms with van der Waals surface area (Å²) in [7, 11) is 1.49. The molecule has 1 unspecified atom stereocenters. The van der Waals surface area contributed by atoms with E-state index in [-0.39, 0.29) is 12.1 Å². The molecule has 8 heteroatoms. The Morgan fingerprint density at radius 1 is 1.21 bits per heavy atom. The number of carbonyl (C=O) groups is 1. The van der Waals surface area contributed by atoms with Gasteiger partial charge in [-0.15, -0.1) is 22.7 Å². The van der Waals surface area contributed by atoms with Crippen molar-refractivity contribution in [2.75, 3.05) is 7.11 Å². The summed E-state index contributed by atoms with van der Waals surface area (Å²) in [4.78, 5) is 27.3. The predicted molar refractivity (Wildman–Crippen MR) is 113 cm³/mol. The van der Waals surface area contributed by atoms with Crippen LogP contribution in [-0.4, -0.2) is 18.1 Å². The highest BCUT2D eigenvalue weighted by atomic mass is 32.1. The molecule has 1 atom stereocenters. The monoisotopic (exact) mass is 427 g/mol. The third-order valence-electron chi connectivity index (χ3n) is 4.38. The van der Waals surface area contributed by atoms with Crippen LogP contribution in [0.4, 0.5) is 0 Å². The molecule has 4 aromatic rings. The van der Waals surface area contributed by atoms with Gasteiger partial charge in [0.1, 0.15) is 11.7 Å². The Balaban J connectivity index is 1.49. The lowest BCUT2D eigenvalue weighted by molar-refractivity contribution is 0.0947. The van der Waals surface area contributed by atoms with E-state index in [0.717, 1.165) is 14.6 Å². The van der Waals surface area contributed by atoms with Gasteiger partial charge < -0.3 is 19.6 Å². The number of hydrogen-bond acceptors (Lipinski definition) is 7. The van der Waals surface area contributed by atoms with E-state index in [1.54, 1.807) is 18.2 Å². The number of fused-ring (bicyclic) bond motifs is 1. The van der Waals surface area contributed by atoms with Crippen LogP contribution in [0.3, 0.4) is 0 Å². The Morgan fingerprint density at radius 3 is 2.83 bits per heavy atom. The van der Waals surface area contributed by atoms with Crippen LogP contribution in [0.5, 0.6) is 5.75 Å². The van der Waals surface area contributed by atoms with Crippen molar-refractivity contribution < 1.29 is 19.1 Å². The summed E-state index contributed by atoms with van der Waals surface area (Å²) in [5, 5.41) is 15.7. The molecule has 1 aromatic carbocycles. The average Bonchev–Trinajstić information content (AvgIpc) is 3.43. The van der Waals surface area contributed by atoms with Crippen LogP contribution in [-0.2, 0) is 6.54 Å². The molecule has 0 radical (unpaired) electrons. The van der Waals surface area contributed by atoms with Crippen molar-refractivity contribution in [2.24, 2.45) is 0 Å². The highest BCUT2D eigenvalue weighted by Crippen LogP contribution is 2.31. The van der Waals surface area contributed by atoms with Gasteiger partial charge in [0.2, 0.25) is 0 Å². The molecule has 4 rings (SSSR count). The first kappa shape index (κ1) is 19.4. The minimum atomic E-state index is -0.723. The fraction of sp³-hybridized carbons (Fsp3) is 0.143. The van der Waals surface area contributed by atoms with Crippen LogP contribution < -0.4 is 15.7 Å². The van der Waals surface area contributed by atoms with Crippen molar-refractivity contribution in [3.8, 4) is 5.75 Å². The van der Waals surface area contributed by atoms with E-state index in [1.807, 2.05) is 29.6 Å². The molecule has 6 nitrogen and oxygen atoms in total. The van der Waals surface area contributed by atoms with E-state index in [0.29, 0.717) is 16.7 Å². The molecular formula is C21H17NO5S2. The maximum absolute atomic E-state index is 12.5. The molecule has 0 fully saturated rings. The van der Waals surface area contributed by atoms with E-state index in [4.69, 9.17) is 9.15 Å². The zero-order valence-corrected chi connectivity index (χ0v) is 17.0. The minimum absolute atomic E-state index is 0.0684. The Hall–Kier alpha value is -2.94. The Morgan fingerprint density at radius 2 is 2.07 bits per heavy atom. The van der Waals surface area contributed by atoms with E-state index in [2.05, 4.69) is 5.32 Å². The van der Waals surface area contributed by atoms with Crippen molar-refractivity contribution in [1.82, 2.24) is 5.32 Å². The topological polar surface area (TPSA) is 88.8 Å². The smallest absolute Gasteiger partial charge is 0.349 e. The maximum atomic E-state index is 12.5. The Labute approximate surface area is 174 Å². The molecule has 148 valence electrons. The van der Waals surface area contributed by atoms with Gasteiger partial charge in [0.15, 0.2) is 11.3 Å². The van der Waals surface area contributed by atoms with Crippen LogP contribution in [0.2, 0.25) is 0 Å². The van der Waals surface area contributed by atoms with Gasteiger partial charge in [0.25, 0.3) is 5.91 Å². The molecule has 0 saturated heterocycles. The summed E-state index contributed by atoms with van der Waals surface area (Å²) in [6, 6.07) is 14.2. The van der Waals surface area contributed by atoms with E-state index in [1.165, 1.54) is 35.8 Å². The molecule has 0 bridgehead atoms. The molecule has 29 heavy (non-hydrogen) atoms. The quantitative estimate of drug-likeness (QED) is 0.455. The molecule has 1 amide bonds. The number of thiophene rings is 2. The van der Waals surface area contributed by atoms with Crippen molar-refractivity contribution >= 4 is 39.5 Å². The minimum Gasteiger partial charge on any atom is -0.493 e. The van der Waals surface area contributed by atoms with Crippen molar-refractivity contribution in [2.45, 2.75) is 12.6 Å². The standard InChI is InChI=1S/C21H17NO5S2/c1-26-15-5-2-4-12-10-14(21(25)27-19(12)15)20(24)22-11-13-7-8-17(29-13)18(23)16-6-3-9-28-16/h2-10,18,23H,11H2,1H3,(H,22,24). The number of hydrogen-bond donors (Lipinski definition) is 2. The van der Waals surface area contributed by atoms with E-state index >= 15 is 0 Å². The van der Waals surface area contributed by atoms with Crippen LogP contribution in [0.1, 0.15) is 31.1 Å². The summed E-state index contributed by atoms with van der Waals surface area (Å²) in [5.41, 5.74) is -0.484. The van der Waals surface area contributed by atoms with Crippen molar-refractivity contribution in [1.29, 1.82) is 0 Å². The number of nitrogens with one attached hydrogen (secondary N) is 1. The number of ether oxygens (including phenoxy) is 1. The zero-order chi connectivity index (χ0) is 20.4. The first-order valence-corrected chi connectivity index (χ1v) is 10.5. The second-order valence-corrected chi connectivity index (χ2v) is 8.41. The fourth-order valence-corrected chi connectivity index (χ4v) is 4.68. The second kappa shape index (κ2) is 8.20. The van der Waals surface area contributed by atoms with Gasteiger partial charge in [-0.05, 0) is 35.7 Å². The third kappa shape index (κ3) is 3.95. The first-order chi connectivity index (χ1) is 14.1. The predicted octanol–water partition coefficient (Wildman–Crippen LogP) is 3.94. The van der Waals surface area contributed by atoms with Crippen LogP contribution in [0, 0.1) is 0 Å². The SMILES string of the molecule is COc1cccc2cc(C(=O)NCc3ccc(C(O)c4cccs4)s3)c(=O)oc12. The average molecular weight is 428 g/mol. The molecule has 0 saturated carbocycles. The van der Waals surface area contributed by atoms with Gasteiger partial charge in [-0.2, -0.15) is 0 Å². The number of methoxy groups -OCH3 is 1. The van der Waals surface area contributed by atoms with Crippen molar-refractivity contribution in [3.63, 3.8) is 0 Å². The maximum Gasteiger partial charge on any atom is 0.349 e. The van der Waals surface area contributed by atoms with Gasteiger partial charge in [-0.3, -0.25) is 4.79 Å². The number of amides is 1. The number of carbonyl (C=O) groups excluding carboxylic acids is 1. The Bertz CT molecular complexity index is 1210. The summed E-state index contributed by atoms with van der Waals surface area (Å²) >= 11 is 2.90. The highest BCUT2D eigenvalue weighted by Gasteiger charge is 2.17. The summed E-state index contributed by atoms with van der Waals surface area (Å²) in [5.74, 6) is -0.0841. The molecule has 0 spiro atoms. The third-order valence-corrected chi connectivity index (χ3v) is 6.44.